The van der Waals surface area contributed by atoms with Gasteiger partial charge < -0.3 is 10.2 Å². The average Bonchev–Trinajstić information content (AvgIpc) is 2.30. The topological polar surface area (TPSA) is 15.3 Å². The molecule has 1 atom stereocenters. The van der Waals surface area contributed by atoms with Crippen LogP contribution in [0, 0.1) is 12.8 Å². The maximum Gasteiger partial charge on any atom is 0.0438 e. The molecular formula is C16H25BrN2. The molecule has 0 amide bonds. The highest BCUT2D eigenvalue weighted by atomic mass is 79.9. The van der Waals surface area contributed by atoms with Crippen LogP contribution in [0.1, 0.15) is 33.3 Å². The summed E-state index contributed by atoms with van der Waals surface area (Å²) < 4.78 is 1.16. The van der Waals surface area contributed by atoms with Gasteiger partial charge in [-0.2, -0.15) is 0 Å². The van der Waals surface area contributed by atoms with Gasteiger partial charge in [0.1, 0.15) is 0 Å². The van der Waals surface area contributed by atoms with Gasteiger partial charge in [-0.3, -0.25) is 0 Å². The van der Waals surface area contributed by atoms with Crippen molar-refractivity contribution < 1.29 is 0 Å². The number of piperazine rings is 1. The second-order valence-electron chi connectivity index (χ2n) is 6.63. The summed E-state index contributed by atoms with van der Waals surface area (Å²) in [5.41, 5.74) is 2.88. The quantitative estimate of drug-likeness (QED) is 0.885. The van der Waals surface area contributed by atoms with Crippen LogP contribution < -0.4 is 10.2 Å². The van der Waals surface area contributed by atoms with Crippen LogP contribution in [0.2, 0.25) is 0 Å². The Morgan fingerprint density at radius 1 is 1.37 bits per heavy atom. The number of benzene rings is 1. The van der Waals surface area contributed by atoms with Crippen molar-refractivity contribution in [3.63, 3.8) is 0 Å². The molecule has 1 saturated heterocycles. The standard InChI is InChI=1S/C16H25BrN2/c1-11(2)15-9-18-16(4,5)10-19(15)14-8-13(17)7-6-12(14)3/h6-8,11,15,18H,9-10H2,1-5H3. The van der Waals surface area contributed by atoms with E-state index in [1.807, 2.05) is 0 Å². The lowest BCUT2D eigenvalue weighted by Gasteiger charge is -2.48. The van der Waals surface area contributed by atoms with Crippen LogP contribution in [0.25, 0.3) is 0 Å². The van der Waals surface area contributed by atoms with E-state index in [2.05, 4.69) is 79.0 Å². The molecule has 1 aliphatic rings. The Morgan fingerprint density at radius 2 is 2.05 bits per heavy atom. The second kappa shape index (κ2) is 5.45. The van der Waals surface area contributed by atoms with Crippen LogP contribution in [0.5, 0.6) is 0 Å². The smallest absolute Gasteiger partial charge is 0.0438 e. The minimum Gasteiger partial charge on any atom is -0.365 e. The maximum absolute atomic E-state index is 3.67. The van der Waals surface area contributed by atoms with E-state index in [1.54, 1.807) is 0 Å². The molecule has 1 aromatic rings. The van der Waals surface area contributed by atoms with E-state index >= 15 is 0 Å². The molecule has 1 unspecified atom stereocenters. The molecule has 1 aromatic carbocycles. The molecule has 19 heavy (non-hydrogen) atoms. The van der Waals surface area contributed by atoms with Crippen molar-refractivity contribution in [1.29, 1.82) is 0 Å². The van der Waals surface area contributed by atoms with Crippen LogP contribution in [0.4, 0.5) is 5.69 Å². The SMILES string of the molecule is Cc1ccc(Br)cc1N1CC(C)(C)NCC1C(C)C. The predicted octanol–water partition coefficient (Wildman–Crippen LogP) is 3.97. The van der Waals surface area contributed by atoms with Gasteiger partial charge in [-0.15, -0.1) is 0 Å². The molecule has 0 spiro atoms. The van der Waals surface area contributed by atoms with Crippen LogP contribution >= 0.6 is 15.9 Å². The highest BCUT2D eigenvalue weighted by Gasteiger charge is 2.34. The fraction of sp³-hybridized carbons (Fsp3) is 0.625. The van der Waals surface area contributed by atoms with Crippen LogP contribution in [-0.2, 0) is 0 Å². The Kier molecular flexibility index (Phi) is 4.26. The predicted molar refractivity (Wildman–Crippen MR) is 86.9 cm³/mol. The van der Waals surface area contributed by atoms with E-state index in [1.165, 1.54) is 11.3 Å². The Morgan fingerprint density at radius 3 is 2.68 bits per heavy atom. The Balaban J connectivity index is 2.39. The van der Waals surface area contributed by atoms with Crippen molar-refractivity contribution in [3.05, 3.63) is 28.2 Å². The van der Waals surface area contributed by atoms with E-state index in [4.69, 9.17) is 0 Å². The van der Waals surface area contributed by atoms with E-state index < -0.39 is 0 Å². The molecule has 0 aliphatic carbocycles. The van der Waals surface area contributed by atoms with Gasteiger partial charge in [-0.05, 0) is 44.4 Å². The van der Waals surface area contributed by atoms with E-state index in [-0.39, 0.29) is 5.54 Å². The van der Waals surface area contributed by atoms with Gasteiger partial charge in [0.2, 0.25) is 0 Å². The zero-order valence-corrected chi connectivity index (χ0v) is 14.2. The first kappa shape index (κ1) is 14.9. The molecule has 106 valence electrons. The van der Waals surface area contributed by atoms with Crippen LogP contribution in [0.15, 0.2) is 22.7 Å². The lowest BCUT2D eigenvalue weighted by Crippen LogP contribution is -2.63. The summed E-state index contributed by atoms with van der Waals surface area (Å²) in [5.74, 6) is 0.641. The minimum atomic E-state index is 0.167. The number of halogens is 1. The highest BCUT2D eigenvalue weighted by Crippen LogP contribution is 2.31. The van der Waals surface area contributed by atoms with Crippen molar-refractivity contribution in [2.24, 2.45) is 5.92 Å². The van der Waals surface area contributed by atoms with Crippen LogP contribution in [0.3, 0.4) is 0 Å². The number of hydrogen-bond donors (Lipinski definition) is 1. The fourth-order valence-electron chi connectivity index (χ4n) is 2.84. The Hall–Kier alpha value is -0.540. The molecule has 1 fully saturated rings. The molecule has 2 nitrogen and oxygen atoms in total. The van der Waals surface area contributed by atoms with Crippen LogP contribution in [-0.4, -0.2) is 24.7 Å². The summed E-state index contributed by atoms with van der Waals surface area (Å²) >= 11 is 3.61. The van der Waals surface area contributed by atoms with E-state index in [0.717, 1.165) is 17.6 Å². The van der Waals surface area contributed by atoms with E-state index in [0.29, 0.717) is 12.0 Å². The largest absolute Gasteiger partial charge is 0.365 e. The molecule has 3 heteroatoms. The number of nitrogens with one attached hydrogen (secondary N) is 1. The molecule has 2 rings (SSSR count). The molecule has 0 radical (unpaired) electrons. The van der Waals surface area contributed by atoms with Crippen molar-refractivity contribution in [3.8, 4) is 0 Å². The van der Waals surface area contributed by atoms with Crippen molar-refractivity contribution >= 4 is 21.6 Å². The van der Waals surface area contributed by atoms with Gasteiger partial charge in [0.15, 0.2) is 0 Å². The van der Waals surface area contributed by atoms with Gasteiger partial charge in [0.25, 0.3) is 0 Å². The Bertz CT molecular complexity index is 454. The monoisotopic (exact) mass is 324 g/mol. The fourth-order valence-corrected chi connectivity index (χ4v) is 3.19. The molecule has 1 heterocycles. The first-order chi connectivity index (χ1) is 8.80. The first-order valence-corrected chi connectivity index (χ1v) is 7.87. The third-order valence-corrected chi connectivity index (χ3v) is 4.50. The molecule has 1 aliphatic heterocycles. The average molecular weight is 325 g/mol. The Labute approximate surface area is 125 Å². The van der Waals surface area contributed by atoms with Gasteiger partial charge in [0, 0.05) is 34.8 Å². The summed E-state index contributed by atoms with van der Waals surface area (Å²) in [4.78, 5) is 2.58. The zero-order valence-electron chi connectivity index (χ0n) is 12.6. The number of anilines is 1. The van der Waals surface area contributed by atoms with Crippen molar-refractivity contribution in [2.75, 3.05) is 18.0 Å². The number of rotatable bonds is 2. The zero-order chi connectivity index (χ0) is 14.2. The van der Waals surface area contributed by atoms with Gasteiger partial charge in [0.05, 0.1) is 0 Å². The highest BCUT2D eigenvalue weighted by molar-refractivity contribution is 9.10. The normalized spacial score (nSPS) is 22.9. The first-order valence-electron chi connectivity index (χ1n) is 7.08. The summed E-state index contributed by atoms with van der Waals surface area (Å²) in [5, 5.41) is 3.67. The molecule has 1 N–H and O–H groups in total. The lowest BCUT2D eigenvalue weighted by molar-refractivity contribution is 0.277. The summed E-state index contributed by atoms with van der Waals surface area (Å²) in [6.07, 6.45) is 0. The number of aryl methyl sites for hydroxylation is 1. The second-order valence-corrected chi connectivity index (χ2v) is 7.55. The van der Waals surface area contributed by atoms with Crippen molar-refractivity contribution in [1.82, 2.24) is 5.32 Å². The summed E-state index contributed by atoms with van der Waals surface area (Å²) in [6.45, 7) is 13.5. The molecular weight excluding hydrogens is 300 g/mol. The van der Waals surface area contributed by atoms with Gasteiger partial charge in [-0.1, -0.05) is 35.8 Å². The third kappa shape index (κ3) is 3.32. The number of nitrogens with zero attached hydrogens (tertiary/aromatic N) is 1. The summed E-state index contributed by atoms with van der Waals surface area (Å²) in [7, 11) is 0. The van der Waals surface area contributed by atoms with Crippen molar-refractivity contribution in [2.45, 2.75) is 46.2 Å². The lowest BCUT2D eigenvalue weighted by atomic mass is 9.92. The molecule has 0 saturated carbocycles. The van der Waals surface area contributed by atoms with Gasteiger partial charge in [-0.25, -0.2) is 0 Å². The van der Waals surface area contributed by atoms with E-state index in [9.17, 15) is 0 Å². The van der Waals surface area contributed by atoms with Gasteiger partial charge >= 0.3 is 0 Å². The molecule has 0 bridgehead atoms. The maximum atomic E-state index is 3.67. The molecule has 0 aromatic heterocycles. The minimum absolute atomic E-state index is 0.167. The number of hydrogen-bond acceptors (Lipinski definition) is 2. The third-order valence-electron chi connectivity index (χ3n) is 4.01. The summed E-state index contributed by atoms with van der Waals surface area (Å²) in [6, 6.07) is 7.13.